The van der Waals surface area contributed by atoms with Gasteiger partial charge in [0, 0.05) is 5.69 Å². The van der Waals surface area contributed by atoms with Crippen LogP contribution in [0.5, 0.6) is 0 Å². The van der Waals surface area contributed by atoms with Gasteiger partial charge in [-0.25, -0.2) is 0 Å². The Labute approximate surface area is 99.2 Å². The van der Waals surface area contributed by atoms with E-state index in [2.05, 4.69) is 21.2 Å². The average Bonchev–Trinajstić information content (AvgIpc) is 2.29. The Morgan fingerprint density at radius 2 is 1.80 bits per heavy atom. The molecular formula is C12H16BrNO. The molecule has 1 N–H and O–H groups in total. The van der Waals surface area contributed by atoms with Crippen molar-refractivity contribution in [1.82, 2.24) is 0 Å². The standard InChI is InChI=1S/C12H16BrNO/c1-3-12(13,4-2)11(15)14-10-8-6-5-7-9-10/h5-9H,3-4H2,1-2H3,(H,14,15). The molecule has 1 rings (SSSR count). The number of amides is 1. The van der Waals surface area contributed by atoms with E-state index in [1.165, 1.54) is 0 Å². The predicted octanol–water partition coefficient (Wildman–Crippen LogP) is 3.58. The zero-order valence-electron chi connectivity index (χ0n) is 9.09. The highest BCUT2D eigenvalue weighted by Gasteiger charge is 2.31. The van der Waals surface area contributed by atoms with Gasteiger partial charge in [0.1, 0.15) is 4.32 Å². The van der Waals surface area contributed by atoms with Crippen molar-refractivity contribution in [3.05, 3.63) is 30.3 Å². The highest BCUT2D eigenvalue weighted by molar-refractivity contribution is 9.10. The summed E-state index contributed by atoms with van der Waals surface area (Å²) in [6.07, 6.45) is 1.56. The lowest BCUT2D eigenvalue weighted by Gasteiger charge is -2.23. The van der Waals surface area contributed by atoms with Crippen molar-refractivity contribution in [1.29, 1.82) is 0 Å². The van der Waals surface area contributed by atoms with Crippen LogP contribution in [0, 0.1) is 0 Å². The van der Waals surface area contributed by atoms with Gasteiger partial charge in [0.2, 0.25) is 5.91 Å². The number of hydrogen-bond acceptors (Lipinski definition) is 1. The van der Waals surface area contributed by atoms with Crippen molar-refractivity contribution in [3.8, 4) is 0 Å². The second-order valence-electron chi connectivity index (χ2n) is 3.49. The lowest BCUT2D eigenvalue weighted by Crippen LogP contribution is -2.35. The zero-order valence-corrected chi connectivity index (χ0v) is 10.7. The molecule has 0 aliphatic rings. The first kappa shape index (κ1) is 12.2. The van der Waals surface area contributed by atoms with E-state index in [0.717, 1.165) is 18.5 Å². The number of para-hydroxylation sites is 1. The smallest absolute Gasteiger partial charge is 0.241 e. The van der Waals surface area contributed by atoms with E-state index in [0.29, 0.717) is 0 Å². The van der Waals surface area contributed by atoms with Crippen LogP contribution in [0.15, 0.2) is 30.3 Å². The van der Waals surface area contributed by atoms with Crippen LogP contribution in [-0.2, 0) is 4.79 Å². The zero-order chi connectivity index (χ0) is 11.3. The van der Waals surface area contributed by atoms with Gasteiger partial charge in [0.25, 0.3) is 0 Å². The minimum absolute atomic E-state index is 0.0266. The van der Waals surface area contributed by atoms with E-state index in [1.54, 1.807) is 0 Å². The first-order chi connectivity index (χ1) is 7.12. The van der Waals surface area contributed by atoms with Crippen LogP contribution in [0.3, 0.4) is 0 Å². The highest BCUT2D eigenvalue weighted by atomic mass is 79.9. The molecule has 0 bridgehead atoms. The van der Waals surface area contributed by atoms with Crippen LogP contribution in [0.4, 0.5) is 5.69 Å². The van der Waals surface area contributed by atoms with Crippen LogP contribution in [0.1, 0.15) is 26.7 Å². The molecule has 1 aromatic carbocycles. The Hall–Kier alpha value is -0.830. The third-order valence-corrected chi connectivity index (χ3v) is 4.04. The van der Waals surface area contributed by atoms with Gasteiger partial charge in [-0.1, -0.05) is 48.0 Å². The fourth-order valence-electron chi connectivity index (χ4n) is 1.34. The van der Waals surface area contributed by atoms with Gasteiger partial charge in [-0.15, -0.1) is 0 Å². The number of rotatable bonds is 4. The van der Waals surface area contributed by atoms with Crippen molar-refractivity contribution in [2.24, 2.45) is 0 Å². The minimum Gasteiger partial charge on any atom is -0.325 e. The van der Waals surface area contributed by atoms with Crippen molar-refractivity contribution >= 4 is 27.5 Å². The number of hydrogen-bond donors (Lipinski definition) is 1. The number of benzene rings is 1. The van der Waals surface area contributed by atoms with E-state index < -0.39 is 4.32 Å². The van der Waals surface area contributed by atoms with E-state index in [-0.39, 0.29) is 5.91 Å². The summed E-state index contributed by atoms with van der Waals surface area (Å²) in [5.41, 5.74) is 0.841. The van der Waals surface area contributed by atoms with Crippen molar-refractivity contribution in [3.63, 3.8) is 0 Å². The molecule has 82 valence electrons. The molecule has 0 saturated heterocycles. The monoisotopic (exact) mass is 269 g/mol. The van der Waals surface area contributed by atoms with Gasteiger partial charge in [0.05, 0.1) is 0 Å². The van der Waals surface area contributed by atoms with Crippen molar-refractivity contribution in [2.45, 2.75) is 31.0 Å². The third kappa shape index (κ3) is 3.06. The summed E-state index contributed by atoms with van der Waals surface area (Å²) in [6, 6.07) is 9.51. The molecule has 0 aliphatic carbocycles. The highest BCUT2D eigenvalue weighted by Crippen LogP contribution is 2.28. The summed E-state index contributed by atoms with van der Waals surface area (Å²) < 4.78 is -0.442. The van der Waals surface area contributed by atoms with Gasteiger partial charge in [-0.3, -0.25) is 4.79 Å². The topological polar surface area (TPSA) is 29.1 Å². The van der Waals surface area contributed by atoms with Crippen LogP contribution < -0.4 is 5.32 Å². The molecule has 0 aromatic heterocycles. The number of halogens is 1. The maximum absolute atomic E-state index is 11.9. The van der Waals surface area contributed by atoms with E-state index >= 15 is 0 Å². The van der Waals surface area contributed by atoms with Crippen molar-refractivity contribution < 1.29 is 4.79 Å². The number of carbonyl (C=O) groups excluding carboxylic acids is 1. The van der Waals surface area contributed by atoms with Gasteiger partial charge < -0.3 is 5.32 Å². The average molecular weight is 270 g/mol. The maximum atomic E-state index is 11.9. The minimum atomic E-state index is -0.442. The Bertz CT molecular complexity index is 320. The molecule has 1 amide bonds. The Morgan fingerprint density at radius 3 is 2.27 bits per heavy atom. The molecule has 0 radical (unpaired) electrons. The number of carbonyl (C=O) groups is 1. The van der Waals surface area contributed by atoms with E-state index in [4.69, 9.17) is 0 Å². The van der Waals surface area contributed by atoms with Gasteiger partial charge in [-0.05, 0) is 25.0 Å². The van der Waals surface area contributed by atoms with Crippen LogP contribution in [0.2, 0.25) is 0 Å². The van der Waals surface area contributed by atoms with Gasteiger partial charge in [-0.2, -0.15) is 0 Å². The lowest BCUT2D eigenvalue weighted by molar-refractivity contribution is -0.118. The molecule has 15 heavy (non-hydrogen) atoms. The summed E-state index contributed by atoms with van der Waals surface area (Å²) >= 11 is 3.49. The molecule has 0 heterocycles. The predicted molar refractivity (Wildman–Crippen MR) is 67.3 cm³/mol. The Kier molecular flexibility index (Phi) is 4.33. The molecule has 1 aromatic rings. The summed E-state index contributed by atoms with van der Waals surface area (Å²) in [5, 5.41) is 2.90. The fraction of sp³-hybridized carbons (Fsp3) is 0.417. The number of nitrogens with one attached hydrogen (secondary N) is 1. The third-order valence-electron chi connectivity index (χ3n) is 2.56. The molecule has 0 spiro atoms. The largest absolute Gasteiger partial charge is 0.325 e. The second kappa shape index (κ2) is 5.31. The molecular weight excluding hydrogens is 254 g/mol. The molecule has 0 saturated carbocycles. The number of anilines is 1. The Balaban J connectivity index is 2.71. The molecule has 2 nitrogen and oxygen atoms in total. The summed E-state index contributed by atoms with van der Waals surface area (Å²) in [4.78, 5) is 11.9. The summed E-state index contributed by atoms with van der Waals surface area (Å²) in [5.74, 6) is 0.0266. The molecule has 3 heteroatoms. The molecule has 0 unspecified atom stereocenters. The van der Waals surface area contributed by atoms with Crippen LogP contribution in [0.25, 0.3) is 0 Å². The maximum Gasteiger partial charge on any atom is 0.241 e. The quantitative estimate of drug-likeness (QED) is 0.832. The first-order valence-corrected chi connectivity index (χ1v) is 5.97. The summed E-state index contributed by atoms with van der Waals surface area (Å²) in [6.45, 7) is 4.01. The van der Waals surface area contributed by atoms with Gasteiger partial charge >= 0.3 is 0 Å². The molecule has 0 fully saturated rings. The fourth-order valence-corrected chi connectivity index (χ4v) is 1.43. The molecule has 0 aliphatic heterocycles. The van der Waals surface area contributed by atoms with E-state index in [9.17, 15) is 4.79 Å². The summed E-state index contributed by atoms with van der Waals surface area (Å²) in [7, 11) is 0. The van der Waals surface area contributed by atoms with Crippen molar-refractivity contribution in [2.75, 3.05) is 5.32 Å². The Morgan fingerprint density at radius 1 is 1.27 bits per heavy atom. The molecule has 0 atom stereocenters. The second-order valence-corrected chi connectivity index (χ2v) is 5.01. The van der Waals surface area contributed by atoms with Crippen LogP contribution >= 0.6 is 15.9 Å². The lowest BCUT2D eigenvalue weighted by atomic mass is 10.0. The van der Waals surface area contributed by atoms with Crippen LogP contribution in [-0.4, -0.2) is 10.2 Å². The first-order valence-electron chi connectivity index (χ1n) is 5.18. The SMILES string of the molecule is CCC(Br)(CC)C(=O)Nc1ccccc1. The number of alkyl halides is 1. The van der Waals surface area contributed by atoms with E-state index in [1.807, 2.05) is 44.2 Å². The normalized spacial score (nSPS) is 11.1. The van der Waals surface area contributed by atoms with Gasteiger partial charge in [0.15, 0.2) is 0 Å².